The average molecular weight is 329 g/mol. The first-order valence-corrected chi connectivity index (χ1v) is 7.65. The van der Waals surface area contributed by atoms with Gasteiger partial charge in [0.1, 0.15) is 11.6 Å². The standard InChI is InChI=1S/C17H17ClN4O/c1-12-3-4-16(13(2)7-12)21-17(23)15(9-19)8-14-10-20-22(11-14)6-5-18/h3-4,7-8,10-11H,5-6H2,1-2H3,(H,21,23). The van der Waals surface area contributed by atoms with Gasteiger partial charge in [-0.1, -0.05) is 17.7 Å². The van der Waals surface area contributed by atoms with Crippen molar-refractivity contribution in [3.8, 4) is 6.07 Å². The van der Waals surface area contributed by atoms with Crippen molar-refractivity contribution in [1.82, 2.24) is 9.78 Å². The number of halogens is 1. The molecule has 2 aromatic rings. The number of benzene rings is 1. The zero-order chi connectivity index (χ0) is 16.8. The molecule has 5 nitrogen and oxygen atoms in total. The van der Waals surface area contributed by atoms with E-state index in [9.17, 15) is 10.1 Å². The quantitative estimate of drug-likeness (QED) is 0.520. The molecule has 0 spiro atoms. The summed E-state index contributed by atoms with van der Waals surface area (Å²) < 4.78 is 1.66. The number of nitrogens with zero attached hydrogens (tertiary/aromatic N) is 3. The van der Waals surface area contributed by atoms with Crippen molar-refractivity contribution < 1.29 is 4.79 Å². The summed E-state index contributed by atoms with van der Waals surface area (Å²) in [4.78, 5) is 12.3. The molecule has 0 aliphatic carbocycles. The molecule has 0 atom stereocenters. The fourth-order valence-corrected chi connectivity index (χ4v) is 2.29. The minimum Gasteiger partial charge on any atom is -0.321 e. The predicted molar refractivity (Wildman–Crippen MR) is 91.1 cm³/mol. The molecule has 0 aliphatic heterocycles. The Hall–Kier alpha value is -2.58. The molecule has 0 saturated heterocycles. The number of anilines is 1. The lowest BCUT2D eigenvalue weighted by molar-refractivity contribution is -0.112. The molecule has 0 unspecified atom stereocenters. The Bertz CT molecular complexity index is 786. The number of nitrogens with one attached hydrogen (secondary N) is 1. The van der Waals surface area contributed by atoms with Crippen LogP contribution < -0.4 is 5.32 Å². The maximum atomic E-state index is 12.3. The van der Waals surface area contributed by atoms with E-state index in [-0.39, 0.29) is 5.57 Å². The van der Waals surface area contributed by atoms with Crippen molar-refractivity contribution in [3.63, 3.8) is 0 Å². The Kier molecular flexibility index (Phi) is 5.56. The summed E-state index contributed by atoms with van der Waals surface area (Å²) in [6.07, 6.45) is 4.84. The van der Waals surface area contributed by atoms with Gasteiger partial charge in [-0.15, -0.1) is 11.6 Å². The van der Waals surface area contributed by atoms with Crippen molar-refractivity contribution in [2.24, 2.45) is 0 Å². The normalized spacial score (nSPS) is 11.1. The number of hydrogen-bond donors (Lipinski definition) is 1. The number of alkyl halides is 1. The molecular weight excluding hydrogens is 312 g/mol. The molecule has 1 heterocycles. The van der Waals surface area contributed by atoms with Gasteiger partial charge in [0.2, 0.25) is 0 Å². The van der Waals surface area contributed by atoms with Gasteiger partial charge in [-0.3, -0.25) is 9.48 Å². The van der Waals surface area contributed by atoms with Crippen LogP contribution in [0.5, 0.6) is 0 Å². The van der Waals surface area contributed by atoms with Crippen molar-refractivity contribution >= 4 is 29.3 Å². The van der Waals surface area contributed by atoms with Crippen LogP contribution in [0.1, 0.15) is 16.7 Å². The second kappa shape index (κ2) is 7.61. The highest BCUT2D eigenvalue weighted by molar-refractivity contribution is 6.17. The van der Waals surface area contributed by atoms with E-state index < -0.39 is 5.91 Å². The van der Waals surface area contributed by atoms with E-state index in [0.29, 0.717) is 23.7 Å². The van der Waals surface area contributed by atoms with Crippen LogP contribution in [0.4, 0.5) is 5.69 Å². The highest BCUT2D eigenvalue weighted by atomic mass is 35.5. The number of aryl methyl sites for hydroxylation is 3. The lowest BCUT2D eigenvalue weighted by Crippen LogP contribution is -2.14. The summed E-state index contributed by atoms with van der Waals surface area (Å²) >= 11 is 5.65. The topological polar surface area (TPSA) is 70.7 Å². The highest BCUT2D eigenvalue weighted by Gasteiger charge is 2.11. The Balaban J connectivity index is 2.17. The van der Waals surface area contributed by atoms with Crippen LogP contribution in [0.2, 0.25) is 0 Å². The van der Waals surface area contributed by atoms with Crippen LogP contribution in [0.25, 0.3) is 6.08 Å². The molecule has 0 aliphatic rings. The Morgan fingerprint density at radius 2 is 2.26 bits per heavy atom. The van der Waals surface area contributed by atoms with Gasteiger partial charge in [0.05, 0.1) is 12.7 Å². The summed E-state index contributed by atoms with van der Waals surface area (Å²) in [7, 11) is 0. The maximum absolute atomic E-state index is 12.3. The van der Waals surface area contributed by atoms with Gasteiger partial charge in [0, 0.05) is 23.3 Å². The number of rotatable bonds is 5. The minimum atomic E-state index is -0.440. The number of amides is 1. The summed E-state index contributed by atoms with van der Waals surface area (Å²) in [5, 5.41) is 16.1. The average Bonchev–Trinajstić information content (AvgIpc) is 2.95. The molecule has 0 fully saturated rings. The highest BCUT2D eigenvalue weighted by Crippen LogP contribution is 2.17. The third-order valence-electron chi connectivity index (χ3n) is 3.27. The van der Waals surface area contributed by atoms with Gasteiger partial charge < -0.3 is 5.32 Å². The number of aromatic nitrogens is 2. The fraction of sp³-hybridized carbons (Fsp3) is 0.235. The van der Waals surface area contributed by atoms with Crippen LogP contribution in [-0.4, -0.2) is 21.6 Å². The molecule has 0 bridgehead atoms. The van der Waals surface area contributed by atoms with E-state index in [1.807, 2.05) is 38.1 Å². The van der Waals surface area contributed by atoms with Crippen molar-refractivity contribution in [2.45, 2.75) is 20.4 Å². The van der Waals surface area contributed by atoms with Crippen LogP contribution in [-0.2, 0) is 11.3 Å². The second-order valence-electron chi connectivity index (χ2n) is 5.17. The van der Waals surface area contributed by atoms with E-state index in [4.69, 9.17) is 11.6 Å². The largest absolute Gasteiger partial charge is 0.321 e. The molecule has 1 N–H and O–H groups in total. The SMILES string of the molecule is Cc1ccc(NC(=O)C(C#N)=Cc2cnn(CCCl)c2)c(C)c1. The third-order valence-corrected chi connectivity index (χ3v) is 3.44. The van der Waals surface area contributed by atoms with Gasteiger partial charge in [-0.2, -0.15) is 10.4 Å². The molecule has 6 heteroatoms. The zero-order valence-corrected chi connectivity index (χ0v) is 13.8. The molecule has 1 aromatic heterocycles. The molecule has 118 valence electrons. The summed E-state index contributed by atoms with van der Waals surface area (Å²) in [5.74, 6) is 0.00731. The van der Waals surface area contributed by atoms with Gasteiger partial charge >= 0.3 is 0 Å². The fourth-order valence-electron chi connectivity index (χ4n) is 2.12. The lowest BCUT2D eigenvalue weighted by Gasteiger charge is -2.08. The first kappa shape index (κ1) is 16.8. The lowest BCUT2D eigenvalue weighted by atomic mass is 10.1. The first-order valence-electron chi connectivity index (χ1n) is 7.12. The Labute approximate surface area is 140 Å². The maximum Gasteiger partial charge on any atom is 0.266 e. The molecule has 23 heavy (non-hydrogen) atoms. The zero-order valence-electron chi connectivity index (χ0n) is 13.0. The van der Waals surface area contributed by atoms with Crippen molar-refractivity contribution in [2.75, 3.05) is 11.2 Å². The van der Waals surface area contributed by atoms with Crippen LogP contribution in [0, 0.1) is 25.2 Å². The van der Waals surface area contributed by atoms with Crippen LogP contribution in [0.3, 0.4) is 0 Å². The van der Waals surface area contributed by atoms with Crippen molar-refractivity contribution in [3.05, 3.63) is 52.9 Å². The van der Waals surface area contributed by atoms with E-state index in [2.05, 4.69) is 10.4 Å². The van der Waals surface area contributed by atoms with Gasteiger partial charge in [0.15, 0.2) is 0 Å². The summed E-state index contributed by atoms with van der Waals surface area (Å²) in [6, 6.07) is 7.64. The van der Waals surface area contributed by atoms with Crippen molar-refractivity contribution in [1.29, 1.82) is 5.26 Å². The molecule has 2 rings (SSSR count). The van der Waals surface area contributed by atoms with E-state index in [1.165, 1.54) is 6.08 Å². The smallest absolute Gasteiger partial charge is 0.266 e. The van der Waals surface area contributed by atoms with Crippen LogP contribution in [0.15, 0.2) is 36.2 Å². The number of carbonyl (C=O) groups excluding carboxylic acids is 1. The van der Waals surface area contributed by atoms with E-state index in [1.54, 1.807) is 17.1 Å². The Morgan fingerprint density at radius 3 is 2.91 bits per heavy atom. The summed E-state index contributed by atoms with van der Waals surface area (Å²) in [5.41, 5.74) is 3.46. The molecule has 1 amide bonds. The number of hydrogen-bond acceptors (Lipinski definition) is 3. The van der Waals surface area contributed by atoms with Gasteiger partial charge in [0.25, 0.3) is 5.91 Å². The molecule has 1 aromatic carbocycles. The van der Waals surface area contributed by atoms with E-state index in [0.717, 1.165) is 11.1 Å². The minimum absolute atomic E-state index is 0.0235. The Morgan fingerprint density at radius 1 is 1.48 bits per heavy atom. The van der Waals surface area contributed by atoms with E-state index >= 15 is 0 Å². The molecule has 0 saturated carbocycles. The molecule has 0 radical (unpaired) electrons. The number of carbonyl (C=O) groups is 1. The van der Waals surface area contributed by atoms with Gasteiger partial charge in [-0.05, 0) is 31.6 Å². The first-order chi connectivity index (χ1) is 11.0. The number of nitriles is 1. The summed E-state index contributed by atoms with van der Waals surface area (Å²) in [6.45, 7) is 4.47. The van der Waals surface area contributed by atoms with Gasteiger partial charge in [-0.25, -0.2) is 0 Å². The molecular formula is C17H17ClN4O. The second-order valence-corrected chi connectivity index (χ2v) is 5.55. The monoisotopic (exact) mass is 328 g/mol. The predicted octanol–water partition coefficient (Wildman–Crippen LogP) is 3.28. The third kappa shape index (κ3) is 4.44. The van der Waals surface area contributed by atoms with Crippen LogP contribution >= 0.6 is 11.6 Å².